The molecule has 0 aliphatic carbocycles. The van der Waals surface area contributed by atoms with E-state index < -0.39 is 0 Å². The first-order valence-corrected chi connectivity index (χ1v) is 7.34. The second kappa shape index (κ2) is 5.54. The van der Waals surface area contributed by atoms with Gasteiger partial charge < -0.3 is 15.0 Å². The summed E-state index contributed by atoms with van der Waals surface area (Å²) in [6, 6.07) is 0. The van der Waals surface area contributed by atoms with E-state index >= 15 is 0 Å². The number of fused-ring (bicyclic) bond motifs is 1. The molecule has 0 unspecified atom stereocenters. The van der Waals surface area contributed by atoms with E-state index in [0.717, 1.165) is 49.6 Å². The van der Waals surface area contributed by atoms with Crippen LogP contribution in [0.25, 0.3) is 0 Å². The van der Waals surface area contributed by atoms with E-state index in [9.17, 15) is 9.90 Å². The molecule has 1 aromatic heterocycles. The Morgan fingerprint density at radius 2 is 2.35 bits per heavy atom. The SMILES string of the molecule is Cc1nc2c([nH]1)CN(C(=O)CN1CCC[C@H](O)C1)CC2. The number of amides is 1. The highest BCUT2D eigenvalue weighted by Crippen LogP contribution is 2.17. The lowest BCUT2D eigenvalue weighted by Gasteiger charge is -2.32. The third-order valence-electron chi connectivity index (χ3n) is 4.14. The van der Waals surface area contributed by atoms with E-state index in [2.05, 4.69) is 14.9 Å². The number of aryl methyl sites for hydroxylation is 1. The Balaban J connectivity index is 1.58. The molecule has 3 rings (SSSR count). The summed E-state index contributed by atoms with van der Waals surface area (Å²) in [5, 5.41) is 9.66. The van der Waals surface area contributed by atoms with Crippen LogP contribution in [-0.2, 0) is 17.8 Å². The van der Waals surface area contributed by atoms with Gasteiger partial charge in [-0.05, 0) is 26.3 Å². The number of carbonyl (C=O) groups is 1. The molecule has 6 nitrogen and oxygen atoms in total. The first kappa shape index (κ1) is 13.6. The second-order valence-electron chi connectivity index (χ2n) is 5.84. The molecular formula is C14H22N4O2. The van der Waals surface area contributed by atoms with Crippen molar-refractivity contribution in [2.24, 2.45) is 0 Å². The van der Waals surface area contributed by atoms with Gasteiger partial charge in [-0.25, -0.2) is 4.98 Å². The summed E-state index contributed by atoms with van der Waals surface area (Å²) in [5.74, 6) is 1.07. The summed E-state index contributed by atoms with van der Waals surface area (Å²) < 4.78 is 0. The monoisotopic (exact) mass is 278 g/mol. The minimum atomic E-state index is -0.278. The number of aliphatic hydroxyl groups is 1. The number of aromatic amines is 1. The van der Waals surface area contributed by atoms with E-state index in [-0.39, 0.29) is 12.0 Å². The summed E-state index contributed by atoms with van der Waals surface area (Å²) in [5.41, 5.74) is 2.17. The Bertz CT molecular complexity index is 499. The fourth-order valence-electron chi connectivity index (χ4n) is 3.12. The zero-order valence-electron chi connectivity index (χ0n) is 11.9. The first-order chi connectivity index (χ1) is 9.61. The van der Waals surface area contributed by atoms with Gasteiger partial charge in [-0.1, -0.05) is 0 Å². The molecule has 0 radical (unpaired) electrons. The maximum atomic E-state index is 12.4. The molecule has 2 aliphatic rings. The number of likely N-dealkylation sites (tertiary alicyclic amines) is 1. The van der Waals surface area contributed by atoms with E-state index in [1.54, 1.807) is 0 Å². The Morgan fingerprint density at radius 1 is 1.50 bits per heavy atom. The maximum absolute atomic E-state index is 12.4. The van der Waals surface area contributed by atoms with Crippen molar-refractivity contribution in [1.29, 1.82) is 0 Å². The average molecular weight is 278 g/mol. The molecule has 110 valence electrons. The molecular weight excluding hydrogens is 256 g/mol. The van der Waals surface area contributed by atoms with Crippen molar-refractivity contribution in [1.82, 2.24) is 19.8 Å². The molecule has 6 heteroatoms. The van der Waals surface area contributed by atoms with E-state index in [4.69, 9.17) is 0 Å². The summed E-state index contributed by atoms with van der Waals surface area (Å²) in [6.07, 6.45) is 2.37. The number of H-pyrrole nitrogens is 1. The number of carbonyl (C=O) groups excluding carboxylic acids is 1. The predicted molar refractivity (Wildman–Crippen MR) is 74.1 cm³/mol. The molecule has 0 spiro atoms. The van der Waals surface area contributed by atoms with Gasteiger partial charge in [0.2, 0.25) is 5.91 Å². The summed E-state index contributed by atoms with van der Waals surface area (Å²) in [4.78, 5) is 24.0. The smallest absolute Gasteiger partial charge is 0.237 e. The molecule has 0 bridgehead atoms. The number of hydrogen-bond donors (Lipinski definition) is 2. The lowest BCUT2D eigenvalue weighted by atomic mass is 10.1. The number of piperidine rings is 1. The Labute approximate surface area is 118 Å². The minimum absolute atomic E-state index is 0.150. The second-order valence-corrected chi connectivity index (χ2v) is 5.84. The number of aromatic nitrogens is 2. The van der Waals surface area contributed by atoms with Crippen molar-refractivity contribution in [3.8, 4) is 0 Å². The third kappa shape index (κ3) is 2.86. The van der Waals surface area contributed by atoms with E-state index in [0.29, 0.717) is 19.6 Å². The zero-order chi connectivity index (χ0) is 14.1. The van der Waals surface area contributed by atoms with Crippen molar-refractivity contribution >= 4 is 5.91 Å². The van der Waals surface area contributed by atoms with Gasteiger partial charge in [0.25, 0.3) is 0 Å². The molecule has 1 fully saturated rings. The average Bonchev–Trinajstić information content (AvgIpc) is 2.77. The lowest BCUT2D eigenvalue weighted by molar-refractivity contribution is -0.134. The molecule has 20 heavy (non-hydrogen) atoms. The number of nitrogens with zero attached hydrogens (tertiary/aromatic N) is 3. The molecule has 0 saturated carbocycles. The highest BCUT2D eigenvalue weighted by atomic mass is 16.3. The van der Waals surface area contributed by atoms with Gasteiger partial charge in [-0.3, -0.25) is 9.69 Å². The molecule has 1 atom stereocenters. The van der Waals surface area contributed by atoms with Gasteiger partial charge in [-0.2, -0.15) is 0 Å². The van der Waals surface area contributed by atoms with Crippen LogP contribution in [-0.4, -0.2) is 63.1 Å². The zero-order valence-corrected chi connectivity index (χ0v) is 11.9. The van der Waals surface area contributed by atoms with Gasteiger partial charge in [0.15, 0.2) is 0 Å². The Kier molecular flexibility index (Phi) is 3.76. The summed E-state index contributed by atoms with van der Waals surface area (Å²) >= 11 is 0. The van der Waals surface area contributed by atoms with Gasteiger partial charge >= 0.3 is 0 Å². The van der Waals surface area contributed by atoms with Gasteiger partial charge in [0.1, 0.15) is 5.82 Å². The quantitative estimate of drug-likeness (QED) is 0.802. The third-order valence-corrected chi connectivity index (χ3v) is 4.14. The predicted octanol–water partition coefficient (Wildman–Crippen LogP) is 0.0595. The molecule has 2 N–H and O–H groups in total. The number of hydrogen-bond acceptors (Lipinski definition) is 4. The fourth-order valence-corrected chi connectivity index (χ4v) is 3.12. The van der Waals surface area contributed by atoms with Gasteiger partial charge in [-0.15, -0.1) is 0 Å². The largest absolute Gasteiger partial charge is 0.392 e. The van der Waals surface area contributed by atoms with Gasteiger partial charge in [0.05, 0.1) is 30.6 Å². The number of imidazole rings is 1. The number of nitrogens with one attached hydrogen (secondary N) is 1. The van der Waals surface area contributed by atoms with Crippen LogP contribution in [0.5, 0.6) is 0 Å². The van der Waals surface area contributed by atoms with Crippen LogP contribution >= 0.6 is 0 Å². The normalized spacial score (nSPS) is 23.7. The van der Waals surface area contributed by atoms with Crippen LogP contribution in [0.2, 0.25) is 0 Å². The van der Waals surface area contributed by atoms with Crippen molar-refractivity contribution in [2.45, 2.75) is 38.8 Å². The molecule has 0 aromatic carbocycles. The number of rotatable bonds is 2. The standard InChI is InChI=1S/C14H22N4O2/c1-10-15-12-4-6-18(8-13(12)16-10)14(20)9-17-5-2-3-11(19)7-17/h11,19H,2-9H2,1H3,(H,15,16)/t11-/m0/s1. The summed E-state index contributed by atoms with van der Waals surface area (Å²) in [6.45, 7) is 5.26. The highest BCUT2D eigenvalue weighted by molar-refractivity contribution is 5.78. The van der Waals surface area contributed by atoms with Crippen molar-refractivity contribution in [3.05, 3.63) is 17.2 Å². The van der Waals surface area contributed by atoms with Crippen LogP contribution < -0.4 is 0 Å². The van der Waals surface area contributed by atoms with E-state index in [1.165, 1.54) is 0 Å². The van der Waals surface area contributed by atoms with Crippen LogP contribution in [0.4, 0.5) is 0 Å². The van der Waals surface area contributed by atoms with Crippen molar-refractivity contribution in [3.63, 3.8) is 0 Å². The van der Waals surface area contributed by atoms with Crippen LogP contribution in [0, 0.1) is 6.92 Å². The molecule has 2 aliphatic heterocycles. The number of β-amino-alcohol motifs (C(OH)–C–C–N with tert-alkyl or cyclic N) is 1. The van der Waals surface area contributed by atoms with Crippen molar-refractivity contribution in [2.75, 3.05) is 26.2 Å². The minimum Gasteiger partial charge on any atom is -0.392 e. The molecule has 1 aromatic rings. The molecule has 1 amide bonds. The Hall–Kier alpha value is -1.40. The van der Waals surface area contributed by atoms with E-state index in [1.807, 2.05) is 11.8 Å². The first-order valence-electron chi connectivity index (χ1n) is 7.34. The highest BCUT2D eigenvalue weighted by Gasteiger charge is 2.26. The van der Waals surface area contributed by atoms with Crippen molar-refractivity contribution < 1.29 is 9.90 Å². The van der Waals surface area contributed by atoms with Crippen LogP contribution in [0.15, 0.2) is 0 Å². The van der Waals surface area contributed by atoms with Crippen LogP contribution in [0.1, 0.15) is 30.1 Å². The molecule has 3 heterocycles. The summed E-state index contributed by atoms with van der Waals surface area (Å²) in [7, 11) is 0. The lowest BCUT2D eigenvalue weighted by Crippen LogP contribution is -2.46. The van der Waals surface area contributed by atoms with Gasteiger partial charge in [0, 0.05) is 19.5 Å². The fraction of sp³-hybridized carbons (Fsp3) is 0.714. The van der Waals surface area contributed by atoms with Crippen LogP contribution in [0.3, 0.4) is 0 Å². The Morgan fingerprint density at radius 3 is 3.15 bits per heavy atom. The number of aliphatic hydroxyl groups excluding tert-OH is 1. The molecule has 1 saturated heterocycles. The maximum Gasteiger partial charge on any atom is 0.237 e. The topological polar surface area (TPSA) is 72.5 Å².